The summed E-state index contributed by atoms with van der Waals surface area (Å²) in [5.41, 5.74) is 0.254. The summed E-state index contributed by atoms with van der Waals surface area (Å²) < 4.78 is 5.19. The minimum Gasteiger partial charge on any atom is -0.465 e. The van der Waals surface area contributed by atoms with E-state index in [1.165, 1.54) is 12.1 Å². The van der Waals surface area contributed by atoms with Crippen molar-refractivity contribution in [2.24, 2.45) is 0 Å². The van der Waals surface area contributed by atoms with Gasteiger partial charge in [-0.2, -0.15) is 0 Å². The molecule has 0 radical (unpaired) electrons. The number of anilines is 1. The minimum atomic E-state index is -0.502. The number of nitrogens with one attached hydrogen (secondary N) is 2. The summed E-state index contributed by atoms with van der Waals surface area (Å²) in [6, 6.07) is 4.53. The number of ether oxygens (including phenoxy) is 1. The monoisotopic (exact) mass is 448 g/mol. The van der Waals surface area contributed by atoms with Crippen molar-refractivity contribution < 1.29 is 19.1 Å². The second-order valence-corrected chi connectivity index (χ2v) is 7.87. The maximum atomic E-state index is 12.2. The number of carbonyl (C=O) groups is 3. The van der Waals surface area contributed by atoms with Crippen molar-refractivity contribution >= 4 is 69.2 Å². The Hall–Kier alpha value is -1.88. The SMILES string of the molecule is CCOC(=O)CNC(=O)CSc1nnc(NC(=O)c2ccc(Cl)cc2Cl)s1. The summed E-state index contributed by atoms with van der Waals surface area (Å²) in [7, 11) is 0. The first-order chi connectivity index (χ1) is 12.9. The standard InChI is InChI=1S/C15H14Cl2N4O4S2/c1-2-25-12(23)6-18-11(22)7-26-15-21-20-14(27-15)19-13(24)9-4-3-8(16)5-10(9)17/h3-5H,2,6-7H2,1H3,(H,18,22)(H,19,20,24). The zero-order valence-corrected chi connectivity index (χ0v) is 17.1. The number of esters is 1. The smallest absolute Gasteiger partial charge is 0.325 e. The largest absolute Gasteiger partial charge is 0.465 e. The Kier molecular flexibility index (Phi) is 8.29. The number of rotatable bonds is 8. The molecule has 0 aliphatic heterocycles. The summed E-state index contributed by atoms with van der Waals surface area (Å²) >= 11 is 14.0. The summed E-state index contributed by atoms with van der Waals surface area (Å²) in [5.74, 6) is -1.25. The fourth-order valence-corrected chi connectivity index (χ4v) is 3.79. The Morgan fingerprint density at radius 3 is 2.74 bits per heavy atom. The fourth-order valence-electron chi connectivity index (χ4n) is 1.72. The number of benzene rings is 1. The highest BCUT2D eigenvalue weighted by Gasteiger charge is 2.15. The fraction of sp³-hybridized carbons (Fsp3) is 0.267. The molecule has 2 amide bonds. The molecule has 0 aliphatic rings. The average Bonchev–Trinajstić information content (AvgIpc) is 3.05. The molecule has 8 nitrogen and oxygen atoms in total. The predicted molar refractivity (Wildman–Crippen MR) is 105 cm³/mol. The first-order valence-corrected chi connectivity index (χ1v) is 10.1. The van der Waals surface area contributed by atoms with Crippen LogP contribution in [0.3, 0.4) is 0 Å². The lowest BCUT2D eigenvalue weighted by molar-refractivity contribution is -0.143. The van der Waals surface area contributed by atoms with Crippen LogP contribution in [0.2, 0.25) is 10.0 Å². The lowest BCUT2D eigenvalue weighted by Gasteiger charge is -2.04. The van der Waals surface area contributed by atoms with E-state index in [0.29, 0.717) is 9.36 Å². The number of amides is 2. The molecule has 27 heavy (non-hydrogen) atoms. The van der Waals surface area contributed by atoms with Gasteiger partial charge in [0.25, 0.3) is 5.91 Å². The average molecular weight is 449 g/mol. The predicted octanol–water partition coefficient (Wildman–Crippen LogP) is 2.87. The van der Waals surface area contributed by atoms with Crippen LogP contribution in [-0.2, 0) is 14.3 Å². The van der Waals surface area contributed by atoms with Crippen LogP contribution in [0.4, 0.5) is 5.13 Å². The van der Waals surface area contributed by atoms with Crippen LogP contribution in [-0.4, -0.2) is 46.9 Å². The van der Waals surface area contributed by atoms with E-state index in [1.54, 1.807) is 13.0 Å². The highest BCUT2D eigenvalue weighted by atomic mass is 35.5. The van der Waals surface area contributed by atoms with Gasteiger partial charge in [-0.3, -0.25) is 19.7 Å². The third kappa shape index (κ3) is 6.98. The van der Waals surface area contributed by atoms with E-state index in [1.807, 2.05) is 0 Å². The topological polar surface area (TPSA) is 110 Å². The second kappa shape index (κ2) is 10.5. The molecular formula is C15H14Cl2N4O4S2. The number of carbonyl (C=O) groups excluding carboxylic acids is 3. The van der Waals surface area contributed by atoms with Crippen LogP contribution >= 0.6 is 46.3 Å². The molecule has 1 heterocycles. The Morgan fingerprint density at radius 1 is 1.26 bits per heavy atom. The molecule has 0 saturated heterocycles. The maximum absolute atomic E-state index is 12.2. The first kappa shape index (κ1) is 21.4. The lowest BCUT2D eigenvalue weighted by Crippen LogP contribution is -2.31. The van der Waals surface area contributed by atoms with Gasteiger partial charge >= 0.3 is 5.97 Å². The Balaban J connectivity index is 1.83. The van der Waals surface area contributed by atoms with Crippen LogP contribution in [0.25, 0.3) is 0 Å². The zero-order chi connectivity index (χ0) is 19.8. The van der Waals surface area contributed by atoms with Crippen molar-refractivity contribution in [3.05, 3.63) is 33.8 Å². The number of thioether (sulfide) groups is 1. The summed E-state index contributed by atoms with van der Waals surface area (Å²) in [5, 5.41) is 13.7. The van der Waals surface area contributed by atoms with Gasteiger partial charge in [0.15, 0.2) is 4.34 Å². The molecule has 2 N–H and O–H groups in total. The molecule has 0 saturated carbocycles. The van der Waals surface area contributed by atoms with Gasteiger partial charge in [-0.25, -0.2) is 0 Å². The summed E-state index contributed by atoms with van der Waals surface area (Å²) in [6.45, 7) is 1.75. The van der Waals surface area contributed by atoms with Crippen molar-refractivity contribution in [1.29, 1.82) is 0 Å². The Bertz CT molecular complexity index is 847. The number of hydrogen-bond acceptors (Lipinski definition) is 8. The summed E-state index contributed by atoms with van der Waals surface area (Å²) in [6.07, 6.45) is 0. The molecule has 0 fully saturated rings. The highest BCUT2D eigenvalue weighted by molar-refractivity contribution is 8.01. The highest BCUT2D eigenvalue weighted by Crippen LogP contribution is 2.27. The quantitative estimate of drug-likeness (QED) is 0.362. The molecule has 0 atom stereocenters. The van der Waals surface area contributed by atoms with E-state index in [2.05, 4.69) is 20.8 Å². The van der Waals surface area contributed by atoms with Gasteiger partial charge in [0, 0.05) is 5.02 Å². The molecule has 12 heteroatoms. The van der Waals surface area contributed by atoms with E-state index in [-0.39, 0.29) is 40.5 Å². The normalized spacial score (nSPS) is 10.3. The van der Waals surface area contributed by atoms with Crippen LogP contribution < -0.4 is 10.6 Å². The van der Waals surface area contributed by atoms with Crippen molar-refractivity contribution in [3.8, 4) is 0 Å². The Labute approximate surface area is 173 Å². The van der Waals surface area contributed by atoms with Crippen LogP contribution in [0.5, 0.6) is 0 Å². The molecular weight excluding hydrogens is 435 g/mol. The molecule has 144 valence electrons. The molecule has 0 spiro atoms. The summed E-state index contributed by atoms with van der Waals surface area (Å²) in [4.78, 5) is 35.1. The molecule has 0 bridgehead atoms. The van der Waals surface area contributed by atoms with Gasteiger partial charge in [0.2, 0.25) is 11.0 Å². The molecule has 0 unspecified atom stereocenters. The van der Waals surface area contributed by atoms with Gasteiger partial charge < -0.3 is 10.1 Å². The van der Waals surface area contributed by atoms with Gasteiger partial charge in [0.1, 0.15) is 6.54 Å². The Morgan fingerprint density at radius 2 is 2.04 bits per heavy atom. The third-order valence-electron chi connectivity index (χ3n) is 2.86. The third-order valence-corrected chi connectivity index (χ3v) is 5.38. The van der Waals surface area contributed by atoms with Gasteiger partial charge in [0.05, 0.1) is 22.9 Å². The number of halogens is 2. The van der Waals surface area contributed by atoms with E-state index in [4.69, 9.17) is 27.9 Å². The van der Waals surface area contributed by atoms with Crippen molar-refractivity contribution in [1.82, 2.24) is 15.5 Å². The second-order valence-electron chi connectivity index (χ2n) is 4.82. The molecule has 1 aromatic heterocycles. The van der Waals surface area contributed by atoms with Gasteiger partial charge in [-0.15, -0.1) is 10.2 Å². The van der Waals surface area contributed by atoms with E-state index >= 15 is 0 Å². The first-order valence-electron chi connectivity index (χ1n) is 7.54. The molecule has 2 rings (SSSR count). The molecule has 2 aromatic rings. The van der Waals surface area contributed by atoms with Crippen LogP contribution in [0.15, 0.2) is 22.5 Å². The lowest BCUT2D eigenvalue weighted by atomic mass is 10.2. The number of aromatic nitrogens is 2. The zero-order valence-electron chi connectivity index (χ0n) is 14.0. The van der Waals surface area contributed by atoms with E-state index in [0.717, 1.165) is 23.1 Å². The number of hydrogen-bond donors (Lipinski definition) is 2. The van der Waals surface area contributed by atoms with Crippen molar-refractivity contribution in [3.63, 3.8) is 0 Å². The number of nitrogens with zero attached hydrogens (tertiary/aromatic N) is 2. The van der Waals surface area contributed by atoms with E-state index in [9.17, 15) is 14.4 Å². The van der Waals surface area contributed by atoms with Crippen LogP contribution in [0, 0.1) is 0 Å². The van der Waals surface area contributed by atoms with Gasteiger partial charge in [-0.05, 0) is 25.1 Å². The molecule has 0 aliphatic carbocycles. The van der Waals surface area contributed by atoms with Gasteiger partial charge in [-0.1, -0.05) is 46.3 Å². The maximum Gasteiger partial charge on any atom is 0.325 e. The van der Waals surface area contributed by atoms with Crippen LogP contribution in [0.1, 0.15) is 17.3 Å². The van der Waals surface area contributed by atoms with Crippen molar-refractivity contribution in [2.45, 2.75) is 11.3 Å². The minimum absolute atomic E-state index is 0.0466. The molecule has 1 aromatic carbocycles. The van der Waals surface area contributed by atoms with Crippen molar-refractivity contribution in [2.75, 3.05) is 24.2 Å². The van der Waals surface area contributed by atoms with E-state index < -0.39 is 11.9 Å².